The SMILES string of the molecule is CCCCCC=CCC=CCCCCCCCCC1(CCCCCCCCC=CCC=CCCCCC)OC2CN(CCc3cccnc3)CC2O1. The summed E-state index contributed by atoms with van der Waals surface area (Å²) in [7, 11) is 0. The number of rotatable bonds is 33. The lowest BCUT2D eigenvalue weighted by atomic mass is 9.98. The fourth-order valence-corrected chi connectivity index (χ4v) is 7.77. The van der Waals surface area contributed by atoms with E-state index in [1.54, 1.807) is 0 Å². The summed E-state index contributed by atoms with van der Waals surface area (Å²) < 4.78 is 13.8. The maximum atomic E-state index is 6.90. The van der Waals surface area contributed by atoms with Gasteiger partial charge in [-0.1, -0.05) is 146 Å². The molecule has 2 atom stereocenters. The van der Waals surface area contributed by atoms with E-state index in [0.29, 0.717) is 0 Å². The van der Waals surface area contributed by atoms with Crippen molar-refractivity contribution in [3.8, 4) is 0 Å². The molecule has 3 heterocycles. The van der Waals surface area contributed by atoms with Crippen molar-refractivity contribution in [2.45, 2.75) is 205 Å². The predicted molar refractivity (Wildman–Crippen MR) is 225 cm³/mol. The van der Waals surface area contributed by atoms with Crippen LogP contribution in [-0.4, -0.2) is 47.5 Å². The van der Waals surface area contributed by atoms with Gasteiger partial charge < -0.3 is 9.47 Å². The second kappa shape index (κ2) is 30.3. The van der Waals surface area contributed by atoms with Gasteiger partial charge >= 0.3 is 0 Å². The molecule has 0 aliphatic carbocycles. The van der Waals surface area contributed by atoms with E-state index in [2.05, 4.69) is 78.4 Å². The van der Waals surface area contributed by atoms with E-state index in [-0.39, 0.29) is 18.0 Å². The van der Waals surface area contributed by atoms with Crippen molar-refractivity contribution in [1.82, 2.24) is 9.88 Å². The van der Waals surface area contributed by atoms with Crippen LogP contribution in [0.2, 0.25) is 0 Å². The van der Waals surface area contributed by atoms with Crippen LogP contribution < -0.4 is 0 Å². The summed E-state index contributed by atoms with van der Waals surface area (Å²) in [6.07, 6.45) is 57.2. The highest BCUT2D eigenvalue weighted by atomic mass is 16.8. The first-order valence-electron chi connectivity index (χ1n) is 22.3. The van der Waals surface area contributed by atoms with Crippen LogP contribution in [0.4, 0.5) is 0 Å². The van der Waals surface area contributed by atoms with E-state index in [4.69, 9.17) is 9.47 Å². The van der Waals surface area contributed by atoms with Crippen molar-refractivity contribution >= 4 is 0 Å². The molecule has 0 amide bonds. The maximum Gasteiger partial charge on any atom is 0.169 e. The highest BCUT2D eigenvalue weighted by Gasteiger charge is 2.50. The minimum Gasteiger partial charge on any atom is -0.343 e. The number of allylic oxidation sites excluding steroid dienone is 8. The Hall–Kier alpha value is -2.01. The number of fused-ring (bicyclic) bond motifs is 1. The van der Waals surface area contributed by atoms with Crippen LogP contribution >= 0.6 is 0 Å². The van der Waals surface area contributed by atoms with Crippen molar-refractivity contribution in [3.05, 3.63) is 78.7 Å². The largest absolute Gasteiger partial charge is 0.343 e. The van der Waals surface area contributed by atoms with Crippen LogP contribution in [0.15, 0.2) is 73.1 Å². The fourth-order valence-electron chi connectivity index (χ4n) is 7.77. The molecule has 294 valence electrons. The zero-order valence-corrected chi connectivity index (χ0v) is 34.0. The van der Waals surface area contributed by atoms with Gasteiger partial charge in [0.15, 0.2) is 5.79 Å². The summed E-state index contributed by atoms with van der Waals surface area (Å²) in [6.45, 7) is 7.59. The lowest BCUT2D eigenvalue weighted by Gasteiger charge is -2.31. The van der Waals surface area contributed by atoms with Gasteiger partial charge in [0.1, 0.15) is 12.2 Å². The van der Waals surface area contributed by atoms with Gasteiger partial charge in [0, 0.05) is 44.9 Å². The molecule has 4 nitrogen and oxygen atoms in total. The fraction of sp³-hybridized carbons (Fsp3) is 0.729. The highest BCUT2D eigenvalue weighted by molar-refractivity contribution is 5.09. The minimum absolute atomic E-state index is 0.225. The van der Waals surface area contributed by atoms with E-state index < -0.39 is 0 Å². The molecule has 1 aromatic heterocycles. The van der Waals surface area contributed by atoms with Crippen LogP contribution in [0.5, 0.6) is 0 Å². The first-order valence-corrected chi connectivity index (χ1v) is 22.3. The van der Waals surface area contributed by atoms with Crippen LogP contribution in [0.25, 0.3) is 0 Å². The second-order valence-corrected chi connectivity index (χ2v) is 15.8. The zero-order chi connectivity index (χ0) is 36.6. The molecule has 0 N–H and O–H groups in total. The van der Waals surface area contributed by atoms with Gasteiger partial charge in [-0.3, -0.25) is 9.88 Å². The van der Waals surface area contributed by atoms with Gasteiger partial charge in [0.25, 0.3) is 0 Å². The number of hydrogen-bond acceptors (Lipinski definition) is 4. The van der Waals surface area contributed by atoms with E-state index in [9.17, 15) is 0 Å². The average Bonchev–Trinajstić information content (AvgIpc) is 3.70. The lowest BCUT2D eigenvalue weighted by molar-refractivity contribution is -0.193. The number of nitrogens with zero attached hydrogens (tertiary/aromatic N) is 2. The summed E-state index contributed by atoms with van der Waals surface area (Å²) in [5.74, 6) is -0.352. The Morgan fingerprint density at radius 1 is 0.596 bits per heavy atom. The quantitative estimate of drug-likeness (QED) is 0.0536. The molecule has 4 heteroatoms. The number of unbranched alkanes of at least 4 members (excludes halogenated alkanes) is 18. The van der Waals surface area contributed by atoms with E-state index in [0.717, 1.165) is 51.7 Å². The van der Waals surface area contributed by atoms with Crippen molar-refractivity contribution in [2.75, 3.05) is 19.6 Å². The molecule has 0 aromatic carbocycles. The zero-order valence-electron chi connectivity index (χ0n) is 34.0. The maximum absolute atomic E-state index is 6.90. The molecule has 52 heavy (non-hydrogen) atoms. The third-order valence-corrected chi connectivity index (χ3v) is 11.0. The third kappa shape index (κ3) is 21.0. The minimum atomic E-state index is -0.352. The van der Waals surface area contributed by atoms with Crippen molar-refractivity contribution in [3.63, 3.8) is 0 Å². The molecule has 3 rings (SSSR count). The molecule has 1 aromatic rings. The summed E-state index contributed by atoms with van der Waals surface area (Å²) in [6, 6.07) is 4.22. The smallest absolute Gasteiger partial charge is 0.169 e. The molecule has 2 aliphatic heterocycles. The second-order valence-electron chi connectivity index (χ2n) is 15.8. The molecule has 2 saturated heterocycles. The molecular formula is C48H80N2O2. The molecule has 0 saturated carbocycles. The molecule has 2 aliphatic rings. The highest BCUT2D eigenvalue weighted by Crippen LogP contribution is 2.40. The van der Waals surface area contributed by atoms with Crippen molar-refractivity contribution in [1.29, 1.82) is 0 Å². The van der Waals surface area contributed by atoms with E-state index in [1.807, 2.05) is 18.5 Å². The lowest BCUT2D eigenvalue weighted by Crippen LogP contribution is -2.36. The normalized spacial score (nSPS) is 20.9. The Balaban J connectivity index is 1.28. The Morgan fingerprint density at radius 3 is 1.48 bits per heavy atom. The predicted octanol–water partition coefficient (Wildman–Crippen LogP) is 13.8. The molecule has 0 bridgehead atoms. The summed E-state index contributed by atoms with van der Waals surface area (Å²) in [4.78, 5) is 6.83. The summed E-state index contributed by atoms with van der Waals surface area (Å²) in [5.41, 5.74) is 1.31. The Labute approximate surface area is 322 Å². The first kappa shape index (κ1) is 44.4. The number of ether oxygens (including phenoxy) is 2. The van der Waals surface area contributed by atoms with Gasteiger partial charge in [-0.2, -0.15) is 0 Å². The molecule has 2 unspecified atom stereocenters. The number of hydrogen-bond donors (Lipinski definition) is 0. The van der Waals surface area contributed by atoms with Gasteiger partial charge in [0.2, 0.25) is 0 Å². The van der Waals surface area contributed by atoms with Crippen LogP contribution in [0.1, 0.15) is 186 Å². The first-order chi connectivity index (χ1) is 25.7. The Bertz CT molecular complexity index is 1020. The van der Waals surface area contributed by atoms with Gasteiger partial charge in [0.05, 0.1) is 0 Å². The molecule has 2 fully saturated rings. The standard InChI is InChI=1S/C48H80N2O2/c1-3-5-7-9-11-13-15-17-19-21-23-25-27-29-31-33-38-48(39-34-32-30-28-26-24-22-20-18-16-14-12-10-8-6-4-2)51-46-43-50(44-47(46)52-48)41-37-45-36-35-40-49-42-45/h11-14,17-20,35-36,40,42,46-47H,3-10,15-16,21-34,37-39,41,43-44H2,1-2H3. The van der Waals surface area contributed by atoms with Crippen molar-refractivity contribution < 1.29 is 9.47 Å². The molecule has 0 radical (unpaired) electrons. The van der Waals surface area contributed by atoms with Crippen LogP contribution in [0.3, 0.4) is 0 Å². The molecule has 0 spiro atoms. The van der Waals surface area contributed by atoms with Crippen molar-refractivity contribution in [2.24, 2.45) is 0 Å². The topological polar surface area (TPSA) is 34.6 Å². The van der Waals surface area contributed by atoms with Gasteiger partial charge in [-0.25, -0.2) is 0 Å². The van der Waals surface area contributed by atoms with Crippen LogP contribution in [0, 0.1) is 0 Å². The number of likely N-dealkylation sites (tertiary alicyclic amines) is 1. The summed E-state index contributed by atoms with van der Waals surface area (Å²) >= 11 is 0. The third-order valence-electron chi connectivity index (χ3n) is 11.0. The van der Waals surface area contributed by atoms with Crippen LogP contribution in [-0.2, 0) is 15.9 Å². The summed E-state index contributed by atoms with van der Waals surface area (Å²) in [5, 5.41) is 0. The average molecular weight is 717 g/mol. The number of pyridine rings is 1. The Morgan fingerprint density at radius 2 is 1.04 bits per heavy atom. The number of aromatic nitrogens is 1. The molecular weight excluding hydrogens is 637 g/mol. The monoisotopic (exact) mass is 717 g/mol. The Kier molecular flexibility index (Phi) is 25.9. The van der Waals surface area contributed by atoms with E-state index >= 15 is 0 Å². The van der Waals surface area contributed by atoms with E-state index in [1.165, 1.54) is 147 Å². The van der Waals surface area contributed by atoms with Gasteiger partial charge in [-0.05, 0) is 95.1 Å². The van der Waals surface area contributed by atoms with Gasteiger partial charge in [-0.15, -0.1) is 0 Å².